The smallest absolute Gasteiger partial charge is 0.414 e. The first-order valence-electron chi connectivity index (χ1n) is 18.8. The van der Waals surface area contributed by atoms with E-state index in [1.165, 1.54) is 0 Å². The number of nitrogens with one attached hydrogen (secondary N) is 4. The van der Waals surface area contributed by atoms with Gasteiger partial charge in [-0.3, -0.25) is 58.5 Å². The number of aryl methyl sites for hydroxylation is 2. The molecule has 310 valence electrons. The molecule has 0 saturated carbocycles. The van der Waals surface area contributed by atoms with Crippen LogP contribution in [0.2, 0.25) is 0 Å². The maximum atomic E-state index is 12.3. The fraction of sp³-hybridized carbons (Fsp3) is 0.611. The standard InChI is InChI=1S/C36H52N6O14/c1-3-5-19-55-35(51)39-31(47)25-23-41(33(49)37-29(25)45)17-13-21-53-27(43)15-11-9-7-8-10-12-16-28(44)54-22-14-18-42-24-26(30(46)38-34(42)50)32(48)40-36(52)56-20-6-4-2/h23-24H,3-22H2,1-2H3,(H,37,45,49)(H,38,46,50)(H,39,47,51)(H,40,48,52). The Labute approximate surface area is 321 Å². The first-order chi connectivity index (χ1) is 26.9. The Morgan fingerprint density at radius 2 is 0.875 bits per heavy atom. The fourth-order valence-corrected chi connectivity index (χ4v) is 4.92. The van der Waals surface area contributed by atoms with Crippen molar-refractivity contribution in [2.75, 3.05) is 26.4 Å². The van der Waals surface area contributed by atoms with Crippen molar-refractivity contribution in [3.05, 3.63) is 65.2 Å². The molecule has 20 heteroatoms. The van der Waals surface area contributed by atoms with Crippen LogP contribution in [-0.4, -0.2) is 81.5 Å². The summed E-state index contributed by atoms with van der Waals surface area (Å²) >= 11 is 0. The van der Waals surface area contributed by atoms with Crippen LogP contribution < -0.4 is 33.1 Å². The predicted molar refractivity (Wildman–Crippen MR) is 198 cm³/mol. The summed E-state index contributed by atoms with van der Waals surface area (Å²) in [6, 6.07) is 0. The summed E-state index contributed by atoms with van der Waals surface area (Å²) in [6.07, 6.45) is 8.17. The molecule has 0 aromatic carbocycles. The van der Waals surface area contributed by atoms with Crippen LogP contribution in [0.25, 0.3) is 0 Å². The molecule has 0 aliphatic heterocycles. The molecule has 4 N–H and O–H groups in total. The van der Waals surface area contributed by atoms with Crippen molar-refractivity contribution in [2.24, 2.45) is 0 Å². The third-order valence-electron chi connectivity index (χ3n) is 8.03. The van der Waals surface area contributed by atoms with Crippen LogP contribution in [0.5, 0.6) is 0 Å². The number of hydrogen-bond acceptors (Lipinski definition) is 14. The molecule has 2 aromatic heterocycles. The Hall–Kier alpha value is -5.82. The molecule has 0 fully saturated rings. The lowest BCUT2D eigenvalue weighted by atomic mass is 10.1. The topological polar surface area (TPSA) is 273 Å². The van der Waals surface area contributed by atoms with Gasteiger partial charge in [-0.15, -0.1) is 0 Å². The molecule has 0 spiro atoms. The maximum Gasteiger partial charge on any atom is 0.414 e. The van der Waals surface area contributed by atoms with Gasteiger partial charge in [-0.1, -0.05) is 52.4 Å². The summed E-state index contributed by atoms with van der Waals surface area (Å²) in [4.78, 5) is 125. The van der Waals surface area contributed by atoms with Crippen molar-refractivity contribution in [3.63, 3.8) is 0 Å². The summed E-state index contributed by atoms with van der Waals surface area (Å²) < 4.78 is 22.3. The second kappa shape index (κ2) is 26.1. The average molecular weight is 793 g/mol. The zero-order valence-corrected chi connectivity index (χ0v) is 31.9. The number of aromatic amines is 2. The van der Waals surface area contributed by atoms with E-state index >= 15 is 0 Å². The molecule has 0 unspecified atom stereocenters. The Morgan fingerprint density at radius 1 is 0.518 bits per heavy atom. The summed E-state index contributed by atoms with van der Waals surface area (Å²) in [5.74, 6) is -2.84. The number of rotatable bonds is 25. The van der Waals surface area contributed by atoms with Crippen LogP contribution in [0.4, 0.5) is 9.59 Å². The molecule has 2 aromatic rings. The van der Waals surface area contributed by atoms with Gasteiger partial charge in [-0.05, 0) is 38.5 Å². The SMILES string of the molecule is CCCCOC(=O)NC(=O)c1cn(CCCOC(=O)CCCCCCCCC(=O)OCCCn2cc(C(=O)NC(=O)OCCCC)c(=O)[nH]c2=O)c(=O)[nH]c1=O. The number of H-pyrrole nitrogens is 2. The number of esters is 2. The van der Waals surface area contributed by atoms with Crippen molar-refractivity contribution < 1.29 is 47.7 Å². The van der Waals surface area contributed by atoms with Crippen LogP contribution >= 0.6 is 0 Å². The number of ether oxygens (including phenoxy) is 4. The minimum absolute atomic E-state index is 0.00968. The maximum absolute atomic E-state index is 12.3. The molecule has 2 rings (SSSR count). The first-order valence-corrected chi connectivity index (χ1v) is 18.8. The predicted octanol–water partition coefficient (Wildman–Crippen LogP) is 2.41. The zero-order valence-electron chi connectivity index (χ0n) is 31.9. The quantitative estimate of drug-likeness (QED) is 0.0639. The third-order valence-corrected chi connectivity index (χ3v) is 8.03. The van der Waals surface area contributed by atoms with E-state index in [1.54, 1.807) is 0 Å². The number of carbonyl (C=O) groups is 6. The normalized spacial score (nSPS) is 10.7. The summed E-state index contributed by atoms with van der Waals surface area (Å²) in [5.41, 5.74) is -4.34. The number of nitrogens with zero attached hydrogens (tertiary/aromatic N) is 2. The van der Waals surface area contributed by atoms with E-state index in [-0.39, 0.29) is 65.2 Å². The van der Waals surface area contributed by atoms with E-state index in [9.17, 15) is 47.9 Å². The van der Waals surface area contributed by atoms with Gasteiger partial charge in [0, 0.05) is 38.3 Å². The van der Waals surface area contributed by atoms with Crippen molar-refractivity contribution in [2.45, 2.75) is 117 Å². The lowest BCUT2D eigenvalue weighted by Gasteiger charge is -2.09. The number of aromatic nitrogens is 4. The molecule has 0 radical (unpaired) electrons. The van der Waals surface area contributed by atoms with Gasteiger partial charge in [0.15, 0.2) is 0 Å². The Bertz CT molecular complexity index is 1730. The van der Waals surface area contributed by atoms with Crippen LogP contribution in [0.15, 0.2) is 31.6 Å². The molecule has 4 amide bonds. The third kappa shape index (κ3) is 18.0. The zero-order chi connectivity index (χ0) is 41.3. The summed E-state index contributed by atoms with van der Waals surface area (Å²) in [5, 5.41) is 3.88. The van der Waals surface area contributed by atoms with Gasteiger partial charge in [0.2, 0.25) is 0 Å². The van der Waals surface area contributed by atoms with Gasteiger partial charge in [0.25, 0.3) is 22.9 Å². The summed E-state index contributed by atoms with van der Waals surface area (Å²) in [7, 11) is 0. The van der Waals surface area contributed by atoms with E-state index in [2.05, 4.69) is 0 Å². The number of carbonyl (C=O) groups excluding carboxylic acids is 6. The Kier molecular flexibility index (Phi) is 21.6. The molecule has 0 aliphatic carbocycles. The van der Waals surface area contributed by atoms with Crippen LogP contribution in [0.1, 0.15) is 124 Å². The second-order valence-corrected chi connectivity index (χ2v) is 12.6. The molecular weight excluding hydrogens is 740 g/mol. The molecule has 20 nitrogen and oxygen atoms in total. The fourth-order valence-electron chi connectivity index (χ4n) is 4.92. The molecule has 0 bridgehead atoms. The van der Waals surface area contributed by atoms with E-state index in [1.807, 2.05) is 34.4 Å². The molecule has 0 saturated heterocycles. The van der Waals surface area contributed by atoms with E-state index < -0.39 is 69.6 Å². The first kappa shape index (κ1) is 46.3. The largest absolute Gasteiger partial charge is 0.466 e. The van der Waals surface area contributed by atoms with Gasteiger partial charge in [-0.2, -0.15) is 0 Å². The lowest BCUT2D eigenvalue weighted by Crippen LogP contribution is -2.39. The average Bonchev–Trinajstić information content (AvgIpc) is 3.14. The van der Waals surface area contributed by atoms with Gasteiger partial charge < -0.3 is 18.9 Å². The van der Waals surface area contributed by atoms with Gasteiger partial charge in [0.1, 0.15) is 11.1 Å². The number of hydrogen-bond donors (Lipinski definition) is 4. The van der Waals surface area contributed by atoms with Crippen molar-refractivity contribution >= 4 is 35.9 Å². The van der Waals surface area contributed by atoms with Crippen molar-refractivity contribution in [3.8, 4) is 0 Å². The van der Waals surface area contributed by atoms with E-state index in [0.29, 0.717) is 25.7 Å². The van der Waals surface area contributed by atoms with Gasteiger partial charge >= 0.3 is 35.5 Å². The molecule has 2 heterocycles. The highest BCUT2D eigenvalue weighted by atomic mass is 16.6. The highest BCUT2D eigenvalue weighted by Gasteiger charge is 2.18. The van der Waals surface area contributed by atoms with Crippen LogP contribution in [0, 0.1) is 0 Å². The highest BCUT2D eigenvalue weighted by molar-refractivity contribution is 6.03. The van der Waals surface area contributed by atoms with Crippen molar-refractivity contribution in [1.82, 2.24) is 29.7 Å². The monoisotopic (exact) mass is 792 g/mol. The van der Waals surface area contributed by atoms with E-state index in [4.69, 9.17) is 18.9 Å². The minimum atomic E-state index is -1.02. The number of unbranched alkanes of at least 4 members (excludes halogenated alkanes) is 7. The number of alkyl carbamates (subject to hydrolysis) is 2. The van der Waals surface area contributed by atoms with Crippen molar-refractivity contribution in [1.29, 1.82) is 0 Å². The van der Waals surface area contributed by atoms with Gasteiger partial charge in [0.05, 0.1) is 26.4 Å². The van der Waals surface area contributed by atoms with Crippen LogP contribution in [-0.2, 0) is 41.6 Å². The number of amides is 4. The van der Waals surface area contributed by atoms with Crippen LogP contribution in [0.3, 0.4) is 0 Å². The molecule has 0 atom stereocenters. The number of imide groups is 2. The molecular formula is C36H52N6O14. The minimum Gasteiger partial charge on any atom is -0.466 e. The highest BCUT2D eigenvalue weighted by Crippen LogP contribution is 2.10. The Morgan fingerprint density at radius 3 is 1.25 bits per heavy atom. The molecule has 56 heavy (non-hydrogen) atoms. The van der Waals surface area contributed by atoms with E-state index in [0.717, 1.165) is 60.1 Å². The lowest BCUT2D eigenvalue weighted by molar-refractivity contribution is -0.144. The second-order valence-electron chi connectivity index (χ2n) is 12.6. The molecule has 0 aliphatic rings. The summed E-state index contributed by atoms with van der Waals surface area (Å²) in [6.45, 7) is 4.12. The Balaban J connectivity index is 1.56. The van der Waals surface area contributed by atoms with Gasteiger partial charge in [-0.25, -0.2) is 19.2 Å².